The van der Waals surface area contributed by atoms with Gasteiger partial charge in [-0.15, -0.1) is 0 Å². The highest BCUT2D eigenvalue weighted by molar-refractivity contribution is 6.06. The van der Waals surface area contributed by atoms with Crippen LogP contribution in [-0.4, -0.2) is 42.1 Å². The molecule has 0 saturated carbocycles. The van der Waals surface area contributed by atoms with Crippen LogP contribution in [0.3, 0.4) is 0 Å². The Bertz CT molecular complexity index is 1340. The van der Waals surface area contributed by atoms with Crippen LogP contribution in [0.5, 0.6) is 0 Å². The van der Waals surface area contributed by atoms with Crippen LogP contribution in [0.2, 0.25) is 0 Å². The molecular formula is C27H24N2O4. The van der Waals surface area contributed by atoms with Crippen LogP contribution >= 0.6 is 0 Å². The maximum absolute atomic E-state index is 13.1. The van der Waals surface area contributed by atoms with Crippen LogP contribution in [0.4, 0.5) is 4.79 Å². The molecule has 3 heterocycles. The summed E-state index contributed by atoms with van der Waals surface area (Å²) in [6.45, 7) is 0.510. The molecule has 1 aliphatic rings. The molecule has 6 nitrogen and oxygen atoms in total. The van der Waals surface area contributed by atoms with E-state index in [2.05, 4.69) is 6.07 Å². The lowest BCUT2D eigenvalue weighted by Gasteiger charge is -2.37. The second kappa shape index (κ2) is 8.47. The Morgan fingerprint density at radius 3 is 2.36 bits per heavy atom. The lowest BCUT2D eigenvalue weighted by atomic mass is 9.87. The molecule has 0 radical (unpaired) electrons. The van der Waals surface area contributed by atoms with Crippen molar-refractivity contribution in [2.45, 2.75) is 12.5 Å². The van der Waals surface area contributed by atoms with Gasteiger partial charge in [-0.25, -0.2) is 9.59 Å². The number of pyridine rings is 1. The van der Waals surface area contributed by atoms with Crippen LogP contribution in [0, 0.1) is 0 Å². The Kier molecular flexibility index (Phi) is 5.34. The molecule has 166 valence electrons. The highest BCUT2D eigenvalue weighted by Gasteiger charge is 2.38. The summed E-state index contributed by atoms with van der Waals surface area (Å²) in [6, 6.07) is 23.2. The molecule has 2 aromatic heterocycles. The van der Waals surface area contributed by atoms with Gasteiger partial charge in [0.15, 0.2) is 0 Å². The van der Waals surface area contributed by atoms with Crippen LogP contribution in [0.25, 0.3) is 16.6 Å². The molecule has 1 aliphatic heterocycles. The third-order valence-electron chi connectivity index (χ3n) is 6.29. The summed E-state index contributed by atoms with van der Waals surface area (Å²) in [5.74, 6) is -0.419. The standard InChI is InChI=1S/C27H24N2O4/c1-32-26(30)23-21-14-8-9-16-28(21)25(22(23)19-11-4-3-5-12-19)24-20-13-7-6-10-18(20)15-17-29(24)27(31)33-2/h3-14,16,24H,15,17H2,1-2H3. The second-order valence-electron chi connectivity index (χ2n) is 7.96. The molecular weight excluding hydrogens is 416 g/mol. The zero-order valence-corrected chi connectivity index (χ0v) is 18.5. The summed E-state index contributed by atoms with van der Waals surface area (Å²) in [5.41, 5.74) is 5.86. The van der Waals surface area contributed by atoms with Gasteiger partial charge in [-0.2, -0.15) is 0 Å². The monoisotopic (exact) mass is 440 g/mol. The van der Waals surface area contributed by atoms with E-state index in [1.54, 1.807) is 4.90 Å². The Balaban J connectivity index is 1.91. The van der Waals surface area contributed by atoms with Gasteiger partial charge < -0.3 is 13.9 Å². The quantitative estimate of drug-likeness (QED) is 0.416. The molecule has 0 fully saturated rings. The van der Waals surface area contributed by atoms with Crippen LogP contribution in [0.15, 0.2) is 79.0 Å². The third-order valence-corrected chi connectivity index (χ3v) is 6.29. The first-order valence-corrected chi connectivity index (χ1v) is 10.8. The van der Waals surface area contributed by atoms with E-state index in [4.69, 9.17) is 9.47 Å². The summed E-state index contributed by atoms with van der Waals surface area (Å²) in [6.07, 6.45) is 2.25. The molecule has 0 aliphatic carbocycles. The van der Waals surface area contributed by atoms with Gasteiger partial charge in [0.25, 0.3) is 0 Å². The first-order chi connectivity index (χ1) is 16.2. The highest BCUT2D eigenvalue weighted by Crippen LogP contribution is 2.44. The van der Waals surface area contributed by atoms with Crippen molar-refractivity contribution in [1.82, 2.24) is 9.30 Å². The van der Waals surface area contributed by atoms with Crippen molar-refractivity contribution in [3.05, 3.63) is 101 Å². The van der Waals surface area contributed by atoms with E-state index in [-0.39, 0.29) is 0 Å². The smallest absolute Gasteiger partial charge is 0.410 e. The molecule has 0 saturated heterocycles. The fourth-order valence-electron chi connectivity index (χ4n) is 4.88. The first kappa shape index (κ1) is 20.8. The van der Waals surface area contributed by atoms with E-state index in [1.165, 1.54) is 19.8 Å². The van der Waals surface area contributed by atoms with Gasteiger partial charge in [-0.1, -0.05) is 60.7 Å². The topological polar surface area (TPSA) is 60.2 Å². The number of esters is 1. The zero-order valence-electron chi connectivity index (χ0n) is 18.5. The van der Waals surface area contributed by atoms with Gasteiger partial charge in [-0.3, -0.25) is 4.90 Å². The van der Waals surface area contributed by atoms with Gasteiger partial charge in [0.1, 0.15) is 6.04 Å². The van der Waals surface area contributed by atoms with Crippen molar-refractivity contribution >= 4 is 17.6 Å². The van der Waals surface area contributed by atoms with Crippen molar-refractivity contribution < 1.29 is 19.1 Å². The number of fused-ring (bicyclic) bond motifs is 2. The highest BCUT2D eigenvalue weighted by atomic mass is 16.5. The number of amides is 1. The molecule has 0 bridgehead atoms. The van der Waals surface area contributed by atoms with E-state index in [9.17, 15) is 9.59 Å². The minimum absolute atomic E-state index is 0.404. The Morgan fingerprint density at radius 2 is 1.61 bits per heavy atom. The van der Waals surface area contributed by atoms with E-state index in [0.717, 1.165) is 34.3 Å². The number of carbonyl (C=O) groups excluding carboxylic acids is 2. The maximum atomic E-state index is 13.1. The van der Waals surface area contributed by atoms with Gasteiger partial charge in [0, 0.05) is 18.3 Å². The Hall–Kier alpha value is -4.06. The summed E-state index contributed by atoms with van der Waals surface area (Å²) >= 11 is 0. The van der Waals surface area contributed by atoms with Gasteiger partial charge in [0.2, 0.25) is 0 Å². The molecule has 4 aromatic rings. The molecule has 1 unspecified atom stereocenters. The molecule has 1 atom stereocenters. The SMILES string of the molecule is COC(=O)c1c(-c2ccccc2)c(C2c3ccccc3CCN2C(=O)OC)n2ccccc12. The molecule has 2 aromatic carbocycles. The van der Waals surface area contributed by atoms with Crippen LogP contribution in [-0.2, 0) is 15.9 Å². The van der Waals surface area contributed by atoms with Crippen molar-refractivity contribution in [3.63, 3.8) is 0 Å². The maximum Gasteiger partial charge on any atom is 0.410 e. The second-order valence-corrected chi connectivity index (χ2v) is 7.96. The number of hydrogen-bond donors (Lipinski definition) is 0. The van der Waals surface area contributed by atoms with Crippen molar-refractivity contribution in [3.8, 4) is 11.1 Å². The number of hydrogen-bond acceptors (Lipinski definition) is 4. The summed E-state index contributed by atoms with van der Waals surface area (Å²) < 4.78 is 12.4. The fourth-order valence-corrected chi connectivity index (χ4v) is 4.88. The van der Waals surface area contributed by atoms with E-state index in [0.29, 0.717) is 12.1 Å². The first-order valence-electron chi connectivity index (χ1n) is 10.8. The van der Waals surface area contributed by atoms with E-state index < -0.39 is 18.1 Å². The van der Waals surface area contributed by atoms with Gasteiger partial charge in [-0.05, 0) is 35.2 Å². The van der Waals surface area contributed by atoms with Crippen LogP contribution in [0.1, 0.15) is 33.2 Å². The summed E-state index contributed by atoms with van der Waals surface area (Å²) in [7, 11) is 2.79. The minimum Gasteiger partial charge on any atom is -0.465 e. The molecule has 5 rings (SSSR count). The lowest BCUT2D eigenvalue weighted by molar-refractivity contribution is 0.0604. The molecule has 1 amide bonds. The minimum atomic E-state index is -0.439. The summed E-state index contributed by atoms with van der Waals surface area (Å²) in [4.78, 5) is 27.8. The molecule has 6 heteroatoms. The van der Waals surface area contributed by atoms with E-state index >= 15 is 0 Å². The molecule has 0 spiro atoms. The number of nitrogens with zero attached hydrogens (tertiary/aromatic N) is 2. The number of benzene rings is 2. The van der Waals surface area contributed by atoms with Crippen molar-refractivity contribution in [1.29, 1.82) is 0 Å². The molecule has 33 heavy (non-hydrogen) atoms. The normalized spacial score (nSPS) is 15.2. The van der Waals surface area contributed by atoms with Crippen molar-refractivity contribution in [2.75, 3.05) is 20.8 Å². The number of carbonyl (C=O) groups is 2. The summed E-state index contributed by atoms with van der Waals surface area (Å²) in [5, 5.41) is 0. The van der Waals surface area contributed by atoms with Crippen LogP contribution < -0.4 is 0 Å². The average molecular weight is 440 g/mol. The van der Waals surface area contributed by atoms with Gasteiger partial charge >= 0.3 is 12.1 Å². The number of ether oxygens (including phenoxy) is 2. The zero-order chi connectivity index (χ0) is 22.9. The van der Waals surface area contributed by atoms with Crippen molar-refractivity contribution in [2.24, 2.45) is 0 Å². The Morgan fingerprint density at radius 1 is 0.879 bits per heavy atom. The number of methoxy groups -OCH3 is 2. The predicted octanol–water partition coefficient (Wildman–Crippen LogP) is 5.11. The fraction of sp³-hybridized carbons (Fsp3) is 0.185. The lowest BCUT2D eigenvalue weighted by Crippen LogP contribution is -2.41. The van der Waals surface area contributed by atoms with E-state index in [1.807, 2.05) is 77.3 Å². The molecule has 0 N–H and O–H groups in total. The largest absolute Gasteiger partial charge is 0.465 e. The average Bonchev–Trinajstić information content (AvgIpc) is 3.22. The number of rotatable bonds is 3. The van der Waals surface area contributed by atoms with Gasteiger partial charge in [0.05, 0.1) is 31.0 Å². The number of aromatic nitrogens is 1. The predicted molar refractivity (Wildman–Crippen MR) is 125 cm³/mol. The Labute approximate surface area is 192 Å². The third kappa shape index (κ3) is 3.35.